The van der Waals surface area contributed by atoms with Gasteiger partial charge in [-0.1, -0.05) is 26.8 Å². The molecule has 2 nitrogen and oxygen atoms in total. The maximum Gasteiger partial charge on any atom is 0.0973 e. The number of nitrogens with one attached hydrogen (secondary N) is 1. The predicted octanol–water partition coefficient (Wildman–Crippen LogP) is 2.88. The van der Waals surface area contributed by atoms with E-state index in [2.05, 4.69) is 32.1 Å². The molecule has 0 heterocycles. The molecule has 0 aliphatic rings. The Morgan fingerprint density at radius 1 is 1.27 bits per heavy atom. The Hall–Kier alpha value is -0.150. The minimum Gasteiger partial charge on any atom is -0.242 e. The van der Waals surface area contributed by atoms with E-state index >= 15 is 0 Å². The standard InChI is InChI=1S/C12H25NOS/c1-8-10(4)11(9(2)3)13-15(14)12(5,6)7/h8-11,13H,1H2,2-7H3/t10-,11+,15-/m0/s1. The molecule has 0 rings (SSSR count). The van der Waals surface area contributed by atoms with Crippen LogP contribution in [0.15, 0.2) is 12.7 Å². The Balaban J connectivity index is 4.56. The largest absolute Gasteiger partial charge is 0.242 e. The van der Waals surface area contributed by atoms with Crippen molar-refractivity contribution in [1.29, 1.82) is 0 Å². The fraction of sp³-hybridized carbons (Fsp3) is 0.833. The first kappa shape index (κ1) is 14.8. The average molecular weight is 231 g/mol. The van der Waals surface area contributed by atoms with Crippen LogP contribution in [0.5, 0.6) is 0 Å². The third-order valence-corrected chi connectivity index (χ3v) is 4.05. The first-order chi connectivity index (χ1) is 6.70. The molecule has 90 valence electrons. The maximum atomic E-state index is 12.0. The highest BCUT2D eigenvalue weighted by molar-refractivity contribution is 7.84. The van der Waals surface area contributed by atoms with E-state index in [1.165, 1.54) is 0 Å². The summed E-state index contributed by atoms with van der Waals surface area (Å²) in [5.41, 5.74) is 0. The molecule has 15 heavy (non-hydrogen) atoms. The van der Waals surface area contributed by atoms with E-state index in [1.807, 2.05) is 26.8 Å². The zero-order valence-electron chi connectivity index (χ0n) is 10.8. The molecule has 0 aromatic heterocycles. The van der Waals surface area contributed by atoms with Gasteiger partial charge in [-0.3, -0.25) is 0 Å². The van der Waals surface area contributed by atoms with E-state index in [-0.39, 0.29) is 10.8 Å². The van der Waals surface area contributed by atoms with Gasteiger partial charge in [0.25, 0.3) is 0 Å². The van der Waals surface area contributed by atoms with Crippen molar-refractivity contribution in [2.24, 2.45) is 11.8 Å². The molecule has 1 N–H and O–H groups in total. The zero-order chi connectivity index (χ0) is 12.2. The van der Waals surface area contributed by atoms with Crippen molar-refractivity contribution < 1.29 is 4.21 Å². The smallest absolute Gasteiger partial charge is 0.0973 e. The Morgan fingerprint density at radius 2 is 1.73 bits per heavy atom. The van der Waals surface area contributed by atoms with Crippen LogP contribution in [0.4, 0.5) is 0 Å². The van der Waals surface area contributed by atoms with Crippen molar-refractivity contribution in [1.82, 2.24) is 4.72 Å². The summed E-state index contributed by atoms with van der Waals surface area (Å²) >= 11 is 0. The van der Waals surface area contributed by atoms with Crippen LogP contribution in [-0.4, -0.2) is 15.0 Å². The predicted molar refractivity (Wildman–Crippen MR) is 69.0 cm³/mol. The third-order valence-electron chi connectivity index (χ3n) is 2.46. The quantitative estimate of drug-likeness (QED) is 0.724. The second kappa shape index (κ2) is 5.80. The van der Waals surface area contributed by atoms with E-state index < -0.39 is 11.0 Å². The van der Waals surface area contributed by atoms with Gasteiger partial charge in [-0.25, -0.2) is 8.93 Å². The Kier molecular flexibility index (Phi) is 5.75. The molecule has 0 bridgehead atoms. The van der Waals surface area contributed by atoms with Crippen LogP contribution < -0.4 is 4.72 Å². The summed E-state index contributed by atoms with van der Waals surface area (Å²) in [5.74, 6) is 0.778. The first-order valence-corrected chi connectivity index (χ1v) is 6.65. The average Bonchev–Trinajstić information content (AvgIpc) is 2.10. The Morgan fingerprint density at radius 3 is 2.00 bits per heavy atom. The molecular formula is C12H25NOS. The molecule has 0 aromatic carbocycles. The van der Waals surface area contributed by atoms with E-state index in [4.69, 9.17) is 0 Å². The van der Waals surface area contributed by atoms with Crippen molar-refractivity contribution >= 4 is 11.0 Å². The summed E-state index contributed by atoms with van der Waals surface area (Å²) in [6.45, 7) is 16.1. The molecule has 0 aliphatic carbocycles. The molecule has 3 heteroatoms. The molecule has 0 aromatic rings. The Bertz CT molecular complexity index is 230. The van der Waals surface area contributed by atoms with Gasteiger partial charge in [-0.05, 0) is 32.6 Å². The molecule has 0 amide bonds. The van der Waals surface area contributed by atoms with Crippen LogP contribution in [0.3, 0.4) is 0 Å². The van der Waals surface area contributed by atoms with Crippen LogP contribution >= 0.6 is 0 Å². The minimum atomic E-state index is -1.01. The van der Waals surface area contributed by atoms with E-state index in [9.17, 15) is 4.21 Å². The minimum absolute atomic E-state index is 0.214. The second-order valence-electron chi connectivity index (χ2n) is 5.36. The lowest BCUT2D eigenvalue weighted by atomic mass is 9.93. The summed E-state index contributed by atoms with van der Waals surface area (Å²) in [5, 5.41) is 0. The van der Waals surface area contributed by atoms with Crippen LogP contribution in [0.25, 0.3) is 0 Å². The zero-order valence-corrected chi connectivity index (χ0v) is 11.6. The topological polar surface area (TPSA) is 29.1 Å². The number of rotatable bonds is 5. The lowest BCUT2D eigenvalue weighted by Crippen LogP contribution is -2.45. The van der Waals surface area contributed by atoms with E-state index in [0.717, 1.165) is 0 Å². The van der Waals surface area contributed by atoms with Gasteiger partial charge in [-0.2, -0.15) is 0 Å². The lowest BCUT2D eigenvalue weighted by molar-refractivity contribution is 0.385. The van der Waals surface area contributed by atoms with Gasteiger partial charge >= 0.3 is 0 Å². The van der Waals surface area contributed by atoms with Gasteiger partial charge in [-0.15, -0.1) is 6.58 Å². The fourth-order valence-electron chi connectivity index (χ4n) is 1.30. The van der Waals surface area contributed by atoms with E-state index in [0.29, 0.717) is 11.8 Å². The fourth-order valence-corrected chi connectivity index (χ4v) is 2.39. The second-order valence-corrected chi connectivity index (χ2v) is 7.36. The van der Waals surface area contributed by atoms with Crippen LogP contribution in [0, 0.1) is 11.8 Å². The summed E-state index contributed by atoms with van der Waals surface area (Å²) in [6.07, 6.45) is 1.91. The van der Waals surface area contributed by atoms with Gasteiger partial charge in [0, 0.05) is 6.04 Å². The van der Waals surface area contributed by atoms with Crippen LogP contribution in [-0.2, 0) is 11.0 Å². The molecule has 0 saturated carbocycles. The molecular weight excluding hydrogens is 206 g/mol. The molecule has 3 atom stereocenters. The highest BCUT2D eigenvalue weighted by Crippen LogP contribution is 2.17. The van der Waals surface area contributed by atoms with Gasteiger partial charge in [0.05, 0.1) is 15.7 Å². The number of hydrogen-bond acceptors (Lipinski definition) is 1. The molecule has 0 unspecified atom stereocenters. The molecule has 0 radical (unpaired) electrons. The van der Waals surface area contributed by atoms with Gasteiger partial charge < -0.3 is 0 Å². The monoisotopic (exact) mass is 231 g/mol. The SMILES string of the molecule is C=C[C@H](C)[C@H](N[S@@](=O)C(C)(C)C)C(C)C. The highest BCUT2D eigenvalue weighted by atomic mass is 32.2. The van der Waals surface area contributed by atoms with E-state index in [1.54, 1.807) is 0 Å². The maximum absolute atomic E-state index is 12.0. The van der Waals surface area contributed by atoms with Crippen molar-refractivity contribution in [3.05, 3.63) is 12.7 Å². The lowest BCUT2D eigenvalue weighted by Gasteiger charge is -2.29. The normalized spacial score (nSPS) is 18.6. The summed E-state index contributed by atoms with van der Waals surface area (Å²) in [6, 6.07) is 0.225. The van der Waals surface area contributed by atoms with Crippen LogP contribution in [0.1, 0.15) is 41.5 Å². The molecule has 0 saturated heterocycles. The first-order valence-electron chi connectivity index (χ1n) is 5.50. The number of hydrogen-bond donors (Lipinski definition) is 1. The summed E-state index contributed by atoms with van der Waals surface area (Å²) in [7, 11) is -1.01. The molecule has 0 spiro atoms. The van der Waals surface area contributed by atoms with Crippen molar-refractivity contribution in [3.63, 3.8) is 0 Å². The third kappa shape index (κ3) is 4.94. The summed E-state index contributed by atoms with van der Waals surface area (Å²) < 4.78 is 15.0. The van der Waals surface area contributed by atoms with Gasteiger partial charge in [0.2, 0.25) is 0 Å². The molecule has 0 aliphatic heterocycles. The van der Waals surface area contributed by atoms with Gasteiger partial charge in [0.1, 0.15) is 0 Å². The van der Waals surface area contributed by atoms with Crippen molar-refractivity contribution in [2.45, 2.75) is 52.3 Å². The van der Waals surface area contributed by atoms with Crippen molar-refractivity contribution in [2.75, 3.05) is 0 Å². The summed E-state index contributed by atoms with van der Waals surface area (Å²) in [4.78, 5) is 0. The van der Waals surface area contributed by atoms with Crippen LogP contribution in [0.2, 0.25) is 0 Å². The van der Waals surface area contributed by atoms with Crippen molar-refractivity contribution in [3.8, 4) is 0 Å². The molecule has 0 fully saturated rings. The Labute approximate surface area is 97.1 Å². The highest BCUT2D eigenvalue weighted by Gasteiger charge is 2.26. The van der Waals surface area contributed by atoms with Gasteiger partial charge in [0.15, 0.2) is 0 Å².